The lowest BCUT2D eigenvalue weighted by Crippen LogP contribution is -2.09. The lowest BCUT2D eigenvalue weighted by molar-refractivity contribution is -0.137. The van der Waals surface area contributed by atoms with E-state index in [0.717, 1.165) is 12.1 Å². The smallest absolute Gasteiger partial charge is 0.416 e. The van der Waals surface area contributed by atoms with Crippen LogP contribution in [0.5, 0.6) is 0 Å². The minimum absolute atomic E-state index is 0.122. The Kier molecular flexibility index (Phi) is 7.89. The third kappa shape index (κ3) is 7.52. The van der Waals surface area contributed by atoms with Crippen LogP contribution >= 0.6 is 0 Å². The van der Waals surface area contributed by atoms with E-state index in [9.17, 15) is 13.2 Å². The topological polar surface area (TPSA) is 139 Å². The molecule has 2 rings (SSSR count). The number of carbonyl (C=O) groups is 1. The summed E-state index contributed by atoms with van der Waals surface area (Å²) in [5.41, 5.74) is 13.2. The van der Waals surface area contributed by atoms with Crippen LogP contribution in [0.1, 0.15) is 12.5 Å². The summed E-state index contributed by atoms with van der Waals surface area (Å²) in [6.07, 6.45) is 0.268. The van der Waals surface area contributed by atoms with Gasteiger partial charge in [-0.3, -0.25) is 15.3 Å². The Labute approximate surface area is 152 Å². The number of hydrogen-bond acceptors (Lipinski definition) is 7. The quantitative estimate of drug-likeness (QED) is 0.231. The van der Waals surface area contributed by atoms with Crippen molar-refractivity contribution in [2.24, 2.45) is 11.5 Å². The van der Waals surface area contributed by atoms with Gasteiger partial charge in [-0.1, -0.05) is 12.1 Å². The van der Waals surface area contributed by atoms with Gasteiger partial charge in [-0.25, -0.2) is 5.48 Å². The molecular formula is C16H18F3N5O3. The molecule has 1 heterocycles. The van der Waals surface area contributed by atoms with Crippen LogP contribution in [-0.2, 0) is 11.0 Å². The number of aromatic nitrogens is 1. The number of rotatable bonds is 5. The number of hydrogen-bond donors (Lipinski definition) is 5. The molecule has 0 saturated carbocycles. The minimum atomic E-state index is -4.37. The van der Waals surface area contributed by atoms with E-state index >= 15 is 0 Å². The molecule has 0 fully saturated rings. The highest BCUT2D eigenvalue weighted by atomic mass is 19.4. The largest absolute Gasteiger partial charge is 0.431 e. The Morgan fingerprint density at radius 3 is 2.30 bits per heavy atom. The first-order valence-electron chi connectivity index (χ1n) is 7.30. The molecule has 2 aromatic rings. The Morgan fingerprint density at radius 1 is 1.22 bits per heavy atom. The molecule has 27 heavy (non-hydrogen) atoms. The number of benzene rings is 1. The standard InChI is InChI=1S/C15H15F3N4O.CH3NO2/c1-9(19)2-7-13(20)22-14-21-12(8-23-14)10-3-5-11(6-4-10)15(16,17)18;3-1-2-4/h2-8H,19-20H2,1H3,(H,21,22);1,4H,(H,2,3)/b9-2-,13-7+;. The minimum Gasteiger partial charge on any atom is -0.431 e. The van der Waals surface area contributed by atoms with Gasteiger partial charge in [0.25, 0.3) is 0 Å². The molecule has 0 aliphatic rings. The van der Waals surface area contributed by atoms with Crippen molar-refractivity contribution in [1.82, 2.24) is 10.5 Å². The number of oxazole rings is 1. The fraction of sp³-hybridized carbons (Fsp3) is 0.125. The number of alkyl halides is 3. The number of carbonyl (C=O) groups excluding carboxylic acids is 1. The molecule has 1 amide bonds. The Hall–Kier alpha value is -3.47. The van der Waals surface area contributed by atoms with Gasteiger partial charge in [-0.05, 0) is 31.2 Å². The average Bonchev–Trinajstić information content (AvgIpc) is 3.08. The van der Waals surface area contributed by atoms with E-state index in [1.165, 1.54) is 30.0 Å². The van der Waals surface area contributed by atoms with Crippen LogP contribution in [0.15, 0.2) is 58.6 Å². The second kappa shape index (κ2) is 9.87. The van der Waals surface area contributed by atoms with E-state index in [0.29, 0.717) is 17.0 Å². The molecule has 8 nitrogen and oxygen atoms in total. The summed E-state index contributed by atoms with van der Waals surface area (Å²) in [6, 6.07) is 4.74. The van der Waals surface area contributed by atoms with Gasteiger partial charge in [0, 0.05) is 11.3 Å². The maximum absolute atomic E-state index is 12.5. The molecule has 146 valence electrons. The van der Waals surface area contributed by atoms with Crippen LogP contribution in [0.25, 0.3) is 11.3 Å². The predicted octanol–water partition coefficient (Wildman–Crippen LogP) is 2.56. The molecule has 0 radical (unpaired) electrons. The lowest BCUT2D eigenvalue weighted by Gasteiger charge is -2.06. The number of anilines is 1. The average molecular weight is 385 g/mol. The highest BCUT2D eigenvalue weighted by molar-refractivity contribution is 5.60. The van der Waals surface area contributed by atoms with Gasteiger partial charge in [0.05, 0.1) is 5.56 Å². The number of allylic oxidation sites excluding steroid dienone is 3. The van der Waals surface area contributed by atoms with E-state index in [1.807, 2.05) is 0 Å². The first kappa shape index (κ1) is 21.6. The summed E-state index contributed by atoms with van der Waals surface area (Å²) in [5, 5.41) is 9.96. The van der Waals surface area contributed by atoms with Gasteiger partial charge in [-0.15, -0.1) is 0 Å². The molecule has 0 saturated heterocycles. The summed E-state index contributed by atoms with van der Waals surface area (Å²) in [6.45, 7) is 1.71. The maximum atomic E-state index is 12.5. The summed E-state index contributed by atoms with van der Waals surface area (Å²) in [5.74, 6) is 0.260. The summed E-state index contributed by atoms with van der Waals surface area (Å²) in [7, 11) is 0. The molecule has 1 aromatic heterocycles. The number of nitrogens with two attached hydrogens (primary N) is 2. The molecule has 7 N–H and O–H groups in total. The summed E-state index contributed by atoms with van der Waals surface area (Å²) >= 11 is 0. The zero-order valence-corrected chi connectivity index (χ0v) is 14.1. The van der Waals surface area contributed by atoms with Gasteiger partial charge >= 0.3 is 12.2 Å². The molecule has 1 aromatic carbocycles. The van der Waals surface area contributed by atoms with Gasteiger partial charge in [0.2, 0.25) is 6.41 Å². The van der Waals surface area contributed by atoms with Crippen molar-refractivity contribution < 1.29 is 27.6 Å². The zero-order chi connectivity index (χ0) is 20.4. The van der Waals surface area contributed by atoms with Crippen molar-refractivity contribution in [3.63, 3.8) is 0 Å². The number of halogens is 3. The fourth-order valence-electron chi connectivity index (χ4n) is 1.68. The van der Waals surface area contributed by atoms with Crippen molar-refractivity contribution in [2.75, 3.05) is 5.32 Å². The molecular weight excluding hydrogens is 367 g/mol. The van der Waals surface area contributed by atoms with E-state index in [1.54, 1.807) is 13.0 Å². The number of nitrogens with one attached hydrogen (secondary N) is 2. The van der Waals surface area contributed by atoms with Gasteiger partial charge in [0.15, 0.2) is 0 Å². The zero-order valence-electron chi connectivity index (χ0n) is 14.1. The molecule has 0 unspecified atom stereocenters. The Balaban J connectivity index is 0.000000828. The number of nitrogens with zero attached hydrogens (tertiary/aromatic N) is 1. The molecule has 0 atom stereocenters. The van der Waals surface area contributed by atoms with Crippen LogP contribution in [0, 0.1) is 0 Å². The van der Waals surface area contributed by atoms with Crippen molar-refractivity contribution in [3.8, 4) is 11.3 Å². The third-order valence-corrected chi connectivity index (χ3v) is 2.84. The predicted molar refractivity (Wildman–Crippen MR) is 91.8 cm³/mol. The van der Waals surface area contributed by atoms with Crippen LogP contribution in [-0.4, -0.2) is 16.6 Å². The van der Waals surface area contributed by atoms with Gasteiger partial charge in [0.1, 0.15) is 17.8 Å². The van der Waals surface area contributed by atoms with Gasteiger partial charge < -0.3 is 15.9 Å². The number of hydroxylamine groups is 1. The maximum Gasteiger partial charge on any atom is 0.416 e. The van der Waals surface area contributed by atoms with Crippen LogP contribution < -0.4 is 22.3 Å². The SMILES string of the molecule is C/C(N)=C/C=C(\N)Nc1nc(-c2ccc(C(F)(F)F)cc2)co1.O=CNO. The molecule has 11 heteroatoms. The van der Waals surface area contributed by atoms with E-state index in [4.69, 9.17) is 25.9 Å². The monoisotopic (exact) mass is 385 g/mol. The van der Waals surface area contributed by atoms with Crippen LogP contribution in [0.2, 0.25) is 0 Å². The summed E-state index contributed by atoms with van der Waals surface area (Å²) < 4.78 is 42.7. The van der Waals surface area contributed by atoms with Crippen molar-refractivity contribution in [3.05, 3.63) is 59.8 Å². The van der Waals surface area contributed by atoms with E-state index < -0.39 is 11.7 Å². The fourth-order valence-corrected chi connectivity index (χ4v) is 1.68. The normalized spacial score (nSPS) is 12.0. The first-order valence-corrected chi connectivity index (χ1v) is 7.30. The van der Waals surface area contributed by atoms with Gasteiger partial charge in [-0.2, -0.15) is 18.2 Å². The van der Waals surface area contributed by atoms with Crippen molar-refractivity contribution in [2.45, 2.75) is 13.1 Å². The highest BCUT2D eigenvalue weighted by Gasteiger charge is 2.30. The van der Waals surface area contributed by atoms with Crippen molar-refractivity contribution >= 4 is 12.4 Å². The Morgan fingerprint density at radius 2 is 1.81 bits per heavy atom. The van der Waals surface area contributed by atoms with E-state index in [-0.39, 0.29) is 18.2 Å². The van der Waals surface area contributed by atoms with Crippen molar-refractivity contribution in [1.29, 1.82) is 0 Å². The third-order valence-electron chi connectivity index (χ3n) is 2.84. The molecule has 0 spiro atoms. The molecule has 0 aliphatic heterocycles. The van der Waals surface area contributed by atoms with Crippen LogP contribution in [0.3, 0.4) is 0 Å². The summed E-state index contributed by atoms with van der Waals surface area (Å²) in [4.78, 5) is 12.9. The second-order valence-corrected chi connectivity index (χ2v) is 5.02. The second-order valence-electron chi connectivity index (χ2n) is 5.02. The Bertz CT molecular complexity index is 794. The molecule has 0 bridgehead atoms. The van der Waals surface area contributed by atoms with Crippen LogP contribution in [0.4, 0.5) is 19.2 Å². The number of amides is 1. The van der Waals surface area contributed by atoms with E-state index in [2.05, 4.69) is 10.3 Å². The highest BCUT2D eigenvalue weighted by Crippen LogP contribution is 2.31. The molecule has 0 aliphatic carbocycles. The lowest BCUT2D eigenvalue weighted by atomic mass is 10.1. The first-order chi connectivity index (χ1) is 12.7.